The van der Waals surface area contributed by atoms with E-state index in [1.807, 2.05) is 0 Å². The van der Waals surface area contributed by atoms with Gasteiger partial charge in [-0.25, -0.2) is 9.67 Å². The molecule has 7 heteroatoms. The molecule has 22 heavy (non-hydrogen) atoms. The average molecular weight is 319 g/mol. The predicted octanol–water partition coefficient (Wildman–Crippen LogP) is 2.17. The monoisotopic (exact) mass is 319 g/mol. The van der Waals surface area contributed by atoms with E-state index in [2.05, 4.69) is 10.1 Å². The van der Waals surface area contributed by atoms with E-state index in [9.17, 15) is 9.59 Å². The normalized spacial score (nSPS) is 17.9. The van der Waals surface area contributed by atoms with E-state index >= 15 is 0 Å². The minimum Gasteiger partial charge on any atom is -0.465 e. The van der Waals surface area contributed by atoms with E-state index in [0.717, 1.165) is 41.9 Å². The van der Waals surface area contributed by atoms with Gasteiger partial charge in [0.1, 0.15) is 16.8 Å². The molecule has 0 N–H and O–H groups in total. The summed E-state index contributed by atoms with van der Waals surface area (Å²) in [6, 6.07) is 0. The van der Waals surface area contributed by atoms with Gasteiger partial charge >= 0.3 is 5.97 Å². The van der Waals surface area contributed by atoms with E-state index < -0.39 is 5.97 Å². The molecule has 0 radical (unpaired) electrons. The van der Waals surface area contributed by atoms with Gasteiger partial charge in [0, 0.05) is 11.8 Å². The fourth-order valence-corrected chi connectivity index (χ4v) is 3.76. The highest BCUT2D eigenvalue weighted by atomic mass is 32.1. The second-order valence-electron chi connectivity index (χ2n) is 5.93. The Morgan fingerprint density at radius 1 is 1.32 bits per heavy atom. The molecule has 2 aliphatic rings. The van der Waals surface area contributed by atoms with Crippen LogP contribution in [-0.2, 0) is 16.1 Å². The maximum Gasteiger partial charge on any atom is 0.327 e. The SMILES string of the molecule is CCOC(=O)Cn1nc(C2CC2)c2nc(C3CC3)sc2c1=O. The van der Waals surface area contributed by atoms with Gasteiger partial charge in [-0.05, 0) is 32.6 Å². The van der Waals surface area contributed by atoms with Crippen molar-refractivity contribution in [2.45, 2.75) is 51.0 Å². The second-order valence-corrected chi connectivity index (χ2v) is 6.96. The van der Waals surface area contributed by atoms with Crippen molar-refractivity contribution in [3.8, 4) is 0 Å². The Hall–Kier alpha value is -1.76. The van der Waals surface area contributed by atoms with Crippen molar-refractivity contribution in [2.24, 2.45) is 0 Å². The summed E-state index contributed by atoms with van der Waals surface area (Å²) < 4.78 is 6.83. The largest absolute Gasteiger partial charge is 0.465 e. The summed E-state index contributed by atoms with van der Waals surface area (Å²) in [5, 5.41) is 5.47. The molecule has 6 nitrogen and oxygen atoms in total. The number of rotatable bonds is 5. The first-order valence-corrected chi connectivity index (χ1v) is 8.56. The minimum absolute atomic E-state index is 0.126. The molecule has 0 spiro atoms. The molecule has 4 rings (SSSR count). The summed E-state index contributed by atoms with van der Waals surface area (Å²) in [5.74, 6) is 0.471. The Labute approximate surface area is 131 Å². The number of nitrogens with zero attached hydrogens (tertiary/aromatic N) is 3. The Balaban J connectivity index is 1.81. The first kappa shape index (κ1) is 13.9. The molecule has 0 saturated heterocycles. The minimum atomic E-state index is -0.426. The molecule has 0 atom stereocenters. The van der Waals surface area contributed by atoms with E-state index in [1.165, 1.54) is 16.0 Å². The first-order chi connectivity index (χ1) is 10.7. The third-order valence-electron chi connectivity index (χ3n) is 4.02. The summed E-state index contributed by atoms with van der Waals surface area (Å²) in [6.45, 7) is 1.93. The van der Waals surface area contributed by atoms with Gasteiger partial charge in [-0.1, -0.05) is 0 Å². The topological polar surface area (TPSA) is 74.1 Å². The van der Waals surface area contributed by atoms with Gasteiger partial charge in [0.25, 0.3) is 5.56 Å². The van der Waals surface area contributed by atoms with Crippen LogP contribution >= 0.6 is 11.3 Å². The van der Waals surface area contributed by atoms with Gasteiger partial charge in [-0.15, -0.1) is 11.3 Å². The number of fused-ring (bicyclic) bond motifs is 1. The number of carbonyl (C=O) groups excluding carboxylic acids is 1. The molecule has 0 amide bonds. The highest BCUT2D eigenvalue weighted by molar-refractivity contribution is 7.18. The molecule has 2 heterocycles. The standard InChI is InChI=1S/C15H17N3O3S/c1-2-21-10(19)7-18-15(20)13-12(11(17-18)8-3-4-8)16-14(22-13)9-5-6-9/h8-9H,2-7H2,1H3. The predicted molar refractivity (Wildman–Crippen MR) is 82.3 cm³/mol. The van der Waals surface area contributed by atoms with Crippen molar-refractivity contribution in [2.75, 3.05) is 6.61 Å². The highest BCUT2D eigenvalue weighted by Crippen LogP contribution is 2.45. The van der Waals surface area contributed by atoms with Crippen LogP contribution in [0.1, 0.15) is 55.1 Å². The zero-order valence-corrected chi connectivity index (χ0v) is 13.2. The third kappa shape index (κ3) is 2.43. The molecule has 2 aliphatic carbocycles. The number of hydrogen-bond donors (Lipinski definition) is 0. The molecule has 0 aromatic carbocycles. The molecule has 0 aliphatic heterocycles. The highest BCUT2D eigenvalue weighted by Gasteiger charge is 2.33. The Bertz CT molecular complexity index is 802. The van der Waals surface area contributed by atoms with Crippen LogP contribution in [0.15, 0.2) is 4.79 Å². The Kier molecular flexibility index (Phi) is 3.25. The lowest BCUT2D eigenvalue weighted by molar-refractivity contribution is -0.144. The van der Waals surface area contributed by atoms with Crippen LogP contribution in [0.25, 0.3) is 10.2 Å². The van der Waals surface area contributed by atoms with Crippen LogP contribution in [0.5, 0.6) is 0 Å². The van der Waals surface area contributed by atoms with E-state index in [0.29, 0.717) is 23.1 Å². The van der Waals surface area contributed by atoms with Crippen molar-refractivity contribution >= 4 is 27.5 Å². The van der Waals surface area contributed by atoms with Gasteiger partial charge in [0.15, 0.2) is 0 Å². The number of hydrogen-bond acceptors (Lipinski definition) is 6. The van der Waals surface area contributed by atoms with Crippen molar-refractivity contribution < 1.29 is 9.53 Å². The smallest absolute Gasteiger partial charge is 0.327 e. The van der Waals surface area contributed by atoms with E-state index in [-0.39, 0.29) is 12.1 Å². The first-order valence-electron chi connectivity index (χ1n) is 7.74. The fraction of sp³-hybridized carbons (Fsp3) is 0.600. The number of ether oxygens (including phenoxy) is 1. The molecule has 2 aromatic rings. The maximum atomic E-state index is 12.6. The quantitative estimate of drug-likeness (QED) is 0.790. The summed E-state index contributed by atoms with van der Waals surface area (Å²) in [4.78, 5) is 28.9. The van der Waals surface area contributed by atoms with Gasteiger partial charge < -0.3 is 4.74 Å². The van der Waals surface area contributed by atoms with Crippen molar-refractivity contribution in [1.82, 2.24) is 14.8 Å². The number of esters is 1. The lowest BCUT2D eigenvalue weighted by Crippen LogP contribution is -2.28. The summed E-state index contributed by atoms with van der Waals surface area (Å²) in [7, 11) is 0. The van der Waals surface area contributed by atoms with Crippen LogP contribution in [0.2, 0.25) is 0 Å². The van der Waals surface area contributed by atoms with Crippen molar-refractivity contribution in [3.63, 3.8) is 0 Å². The second kappa shape index (κ2) is 5.15. The van der Waals surface area contributed by atoms with Crippen LogP contribution in [0, 0.1) is 0 Å². The van der Waals surface area contributed by atoms with Crippen molar-refractivity contribution in [1.29, 1.82) is 0 Å². The molecule has 2 fully saturated rings. The van der Waals surface area contributed by atoms with Gasteiger partial charge in [-0.2, -0.15) is 5.10 Å². The molecular formula is C15H17N3O3S. The zero-order valence-electron chi connectivity index (χ0n) is 12.4. The van der Waals surface area contributed by atoms with Crippen LogP contribution in [-0.4, -0.2) is 27.3 Å². The molecule has 0 bridgehead atoms. The molecule has 2 saturated carbocycles. The third-order valence-corrected chi connectivity index (χ3v) is 5.22. The van der Waals surface area contributed by atoms with Crippen LogP contribution in [0.4, 0.5) is 0 Å². The maximum absolute atomic E-state index is 12.6. The van der Waals surface area contributed by atoms with E-state index in [4.69, 9.17) is 4.74 Å². The molecule has 0 unspecified atom stereocenters. The Morgan fingerprint density at radius 3 is 2.68 bits per heavy atom. The van der Waals surface area contributed by atoms with Gasteiger partial charge in [0.05, 0.1) is 17.3 Å². The van der Waals surface area contributed by atoms with Crippen LogP contribution < -0.4 is 5.56 Å². The molecule has 2 aromatic heterocycles. The molecule has 116 valence electrons. The number of thiazole rings is 1. The average Bonchev–Trinajstić information content (AvgIpc) is 3.39. The van der Waals surface area contributed by atoms with Crippen molar-refractivity contribution in [3.05, 3.63) is 21.1 Å². The number of aromatic nitrogens is 3. The lowest BCUT2D eigenvalue weighted by Gasteiger charge is -2.07. The summed E-state index contributed by atoms with van der Waals surface area (Å²) >= 11 is 1.47. The van der Waals surface area contributed by atoms with Crippen LogP contribution in [0.3, 0.4) is 0 Å². The number of carbonyl (C=O) groups is 1. The Morgan fingerprint density at radius 2 is 2.05 bits per heavy atom. The zero-order chi connectivity index (χ0) is 15.3. The van der Waals surface area contributed by atoms with Gasteiger partial charge in [0.2, 0.25) is 0 Å². The summed E-state index contributed by atoms with van der Waals surface area (Å²) in [5.41, 5.74) is 1.42. The summed E-state index contributed by atoms with van der Waals surface area (Å²) in [6.07, 6.45) is 4.47. The lowest BCUT2D eigenvalue weighted by atomic mass is 10.2. The van der Waals surface area contributed by atoms with Gasteiger partial charge in [-0.3, -0.25) is 9.59 Å². The fourth-order valence-electron chi connectivity index (χ4n) is 2.57. The van der Waals surface area contributed by atoms with E-state index in [1.54, 1.807) is 6.92 Å². The molecular weight excluding hydrogens is 302 g/mol.